The third-order valence-electron chi connectivity index (χ3n) is 7.54. The lowest BCUT2D eigenvalue weighted by Crippen LogP contribution is -2.58. The molecule has 0 aromatic heterocycles. The smallest absolute Gasteiger partial charge is 0.242 e. The van der Waals surface area contributed by atoms with E-state index in [1.807, 2.05) is 0 Å². The summed E-state index contributed by atoms with van der Waals surface area (Å²) in [6, 6.07) is 9.54. The third-order valence-corrected chi connectivity index (χ3v) is 9.51. The van der Waals surface area contributed by atoms with Crippen LogP contribution in [0, 0.1) is 23.3 Å². The average molecular weight is 607 g/mol. The molecule has 3 aromatic carbocycles. The Labute approximate surface area is 240 Å². The van der Waals surface area contributed by atoms with E-state index >= 15 is 0 Å². The van der Waals surface area contributed by atoms with Crippen molar-refractivity contribution >= 4 is 21.6 Å². The number of rotatable bonds is 8. The normalized spacial score (nSPS) is 22.9. The van der Waals surface area contributed by atoms with E-state index in [0.29, 0.717) is 24.6 Å². The van der Waals surface area contributed by atoms with Crippen LogP contribution in [0.15, 0.2) is 60.7 Å². The molecule has 42 heavy (non-hydrogen) atoms. The fourth-order valence-corrected chi connectivity index (χ4v) is 7.24. The quantitative estimate of drug-likeness (QED) is 0.339. The second-order valence-electron chi connectivity index (χ2n) is 10.5. The van der Waals surface area contributed by atoms with Crippen LogP contribution < -0.4 is 21.1 Å². The number of nitrogens with zero attached hydrogens (tertiary/aromatic N) is 1. The van der Waals surface area contributed by atoms with E-state index < -0.39 is 57.2 Å². The lowest BCUT2D eigenvalue weighted by molar-refractivity contribution is -0.117. The van der Waals surface area contributed by atoms with E-state index in [4.69, 9.17) is 10.5 Å². The molecule has 0 radical (unpaired) electrons. The highest BCUT2D eigenvalue weighted by atomic mass is 32.2. The van der Waals surface area contributed by atoms with Crippen LogP contribution in [-0.2, 0) is 14.8 Å². The van der Waals surface area contributed by atoms with Gasteiger partial charge in [-0.25, -0.2) is 26.0 Å². The number of amides is 1. The first kappa shape index (κ1) is 30.0. The lowest BCUT2D eigenvalue weighted by Gasteiger charge is -2.37. The van der Waals surface area contributed by atoms with Crippen molar-refractivity contribution in [2.75, 3.05) is 30.8 Å². The largest absolute Gasteiger partial charge is 0.487 e. The summed E-state index contributed by atoms with van der Waals surface area (Å²) in [4.78, 5) is 13.4. The minimum absolute atomic E-state index is 0.0189. The summed E-state index contributed by atoms with van der Waals surface area (Å²) in [6.45, 7) is 0.418. The van der Waals surface area contributed by atoms with Gasteiger partial charge in [0.15, 0.2) is 11.6 Å². The molecule has 0 spiro atoms. The van der Waals surface area contributed by atoms with Gasteiger partial charge in [0, 0.05) is 31.1 Å². The van der Waals surface area contributed by atoms with Crippen molar-refractivity contribution in [1.29, 1.82) is 0 Å². The second kappa shape index (κ2) is 12.4. The number of piperazine rings is 1. The predicted molar refractivity (Wildman–Crippen MR) is 148 cm³/mol. The van der Waals surface area contributed by atoms with Gasteiger partial charge in [0.25, 0.3) is 0 Å². The third kappa shape index (κ3) is 6.59. The van der Waals surface area contributed by atoms with Crippen LogP contribution in [-0.4, -0.2) is 62.2 Å². The zero-order valence-corrected chi connectivity index (χ0v) is 23.2. The highest BCUT2D eigenvalue weighted by Gasteiger charge is 2.38. The predicted octanol–water partition coefficient (Wildman–Crippen LogP) is 3.49. The van der Waals surface area contributed by atoms with Gasteiger partial charge in [0.2, 0.25) is 15.9 Å². The zero-order valence-electron chi connectivity index (χ0n) is 22.4. The Balaban J connectivity index is 1.38. The number of halogens is 4. The maximum atomic E-state index is 15.0. The molecule has 3 aromatic rings. The first-order valence-corrected chi connectivity index (χ1v) is 15.0. The van der Waals surface area contributed by atoms with Crippen molar-refractivity contribution in [3.8, 4) is 5.75 Å². The second-order valence-corrected chi connectivity index (χ2v) is 12.5. The van der Waals surface area contributed by atoms with Gasteiger partial charge in [-0.3, -0.25) is 4.79 Å². The van der Waals surface area contributed by atoms with Crippen LogP contribution >= 0.6 is 0 Å². The van der Waals surface area contributed by atoms with E-state index in [1.54, 1.807) is 0 Å². The SMILES string of the molecule is NC(C(=O)Nc1cccc(F)c1OCC1CNC2CCCS(=O)(=O)N1C2)C(c1ccc(F)cc1)c1cc(F)cc(F)c1. The van der Waals surface area contributed by atoms with Crippen molar-refractivity contribution in [2.45, 2.75) is 36.9 Å². The number of anilines is 1. The summed E-state index contributed by atoms with van der Waals surface area (Å²) in [7, 11) is -3.51. The minimum Gasteiger partial charge on any atom is -0.487 e. The zero-order chi connectivity index (χ0) is 30.0. The summed E-state index contributed by atoms with van der Waals surface area (Å²) in [6.07, 6.45) is 1.27. The van der Waals surface area contributed by atoms with Crippen LogP contribution in [0.5, 0.6) is 5.75 Å². The number of ether oxygens (including phenoxy) is 1. The van der Waals surface area contributed by atoms with E-state index in [0.717, 1.165) is 36.8 Å². The highest BCUT2D eigenvalue weighted by Crippen LogP contribution is 2.32. The molecule has 2 aliphatic heterocycles. The Morgan fingerprint density at radius 2 is 1.74 bits per heavy atom. The van der Waals surface area contributed by atoms with E-state index in [2.05, 4.69) is 10.6 Å². The molecule has 0 aliphatic carbocycles. The fourth-order valence-electron chi connectivity index (χ4n) is 5.47. The van der Waals surface area contributed by atoms with E-state index in [-0.39, 0.29) is 41.9 Å². The molecular weight excluding hydrogens is 576 g/mol. The minimum atomic E-state index is -3.51. The molecule has 2 heterocycles. The Bertz CT molecular complexity index is 1540. The van der Waals surface area contributed by atoms with Crippen molar-refractivity contribution in [1.82, 2.24) is 9.62 Å². The molecule has 5 atom stereocenters. The number of hydrogen-bond donors (Lipinski definition) is 3. The molecule has 5 unspecified atom stereocenters. The monoisotopic (exact) mass is 606 g/mol. The Kier molecular flexibility index (Phi) is 8.83. The number of para-hydroxylation sites is 1. The van der Waals surface area contributed by atoms with Crippen LogP contribution in [0.1, 0.15) is 29.9 Å². The van der Waals surface area contributed by atoms with Gasteiger partial charge >= 0.3 is 0 Å². The molecule has 1 amide bonds. The molecule has 4 N–H and O–H groups in total. The number of carbonyl (C=O) groups is 1. The fraction of sp³-hybridized carbons (Fsp3) is 0.345. The van der Waals surface area contributed by atoms with Gasteiger partial charge in [-0.15, -0.1) is 0 Å². The van der Waals surface area contributed by atoms with Crippen molar-refractivity contribution in [3.63, 3.8) is 0 Å². The van der Waals surface area contributed by atoms with Crippen molar-refractivity contribution < 1.29 is 35.5 Å². The molecule has 2 bridgehead atoms. The summed E-state index contributed by atoms with van der Waals surface area (Å²) >= 11 is 0. The molecule has 2 saturated heterocycles. The molecular formula is C29H30F4N4O4S. The summed E-state index contributed by atoms with van der Waals surface area (Å²) in [5, 5.41) is 5.83. The van der Waals surface area contributed by atoms with Gasteiger partial charge in [0.1, 0.15) is 24.1 Å². The summed E-state index contributed by atoms with van der Waals surface area (Å²) < 4.78 is 89.5. The highest BCUT2D eigenvalue weighted by molar-refractivity contribution is 7.89. The molecule has 224 valence electrons. The number of carbonyl (C=O) groups excluding carboxylic acids is 1. The maximum absolute atomic E-state index is 15.0. The lowest BCUT2D eigenvalue weighted by atomic mass is 9.84. The van der Waals surface area contributed by atoms with Crippen molar-refractivity contribution in [3.05, 3.63) is 95.1 Å². The number of fused-ring (bicyclic) bond motifs is 2. The Morgan fingerprint density at radius 3 is 2.45 bits per heavy atom. The number of nitrogens with two attached hydrogens (primary N) is 1. The number of nitrogens with one attached hydrogen (secondary N) is 2. The number of benzene rings is 3. The maximum Gasteiger partial charge on any atom is 0.242 e. The summed E-state index contributed by atoms with van der Waals surface area (Å²) in [5.74, 6) is -5.36. The van der Waals surface area contributed by atoms with Gasteiger partial charge in [-0.2, -0.15) is 4.31 Å². The van der Waals surface area contributed by atoms with Crippen LogP contribution in [0.4, 0.5) is 23.2 Å². The molecule has 13 heteroatoms. The molecule has 5 rings (SSSR count). The van der Waals surface area contributed by atoms with E-state index in [1.165, 1.54) is 28.6 Å². The van der Waals surface area contributed by atoms with Gasteiger partial charge in [-0.1, -0.05) is 18.2 Å². The Hall–Kier alpha value is -3.52. The first-order valence-electron chi connectivity index (χ1n) is 13.4. The molecule has 2 aliphatic rings. The van der Waals surface area contributed by atoms with Crippen LogP contribution in [0.3, 0.4) is 0 Å². The van der Waals surface area contributed by atoms with Crippen molar-refractivity contribution in [2.24, 2.45) is 5.73 Å². The molecule has 8 nitrogen and oxygen atoms in total. The number of hydrogen-bond acceptors (Lipinski definition) is 6. The van der Waals surface area contributed by atoms with Gasteiger partial charge < -0.3 is 21.1 Å². The first-order chi connectivity index (χ1) is 20.0. The summed E-state index contributed by atoms with van der Waals surface area (Å²) in [5.41, 5.74) is 6.62. The number of sulfonamides is 1. The van der Waals surface area contributed by atoms with Crippen LogP contribution in [0.2, 0.25) is 0 Å². The average Bonchev–Trinajstić information content (AvgIpc) is 3.05. The van der Waals surface area contributed by atoms with Crippen LogP contribution in [0.25, 0.3) is 0 Å². The standard InChI is InChI=1S/C29H30F4N4O4S/c30-19-8-6-17(7-9-19)26(18-11-20(31)13-21(32)12-18)27(34)29(38)36-25-5-1-4-24(33)28(25)41-16-23-14-35-22-3-2-10-42(39,40)37(23)15-22/h1,4-9,11-13,22-23,26-27,35H,2-3,10,14-16,34H2,(H,36,38). The molecule has 0 saturated carbocycles. The Morgan fingerprint density at radius 1 is 1.02 bits per heavy atom. The van der Waals surface area contributed by atoms with Gasteiger partial charge in [-0.05, 0) is 60.4 Å². The van der Waals surface area contributed by atoms with Gasteiger partial charge in [0.05, 0.1) is 23.5 Å². The topological polar surface area (TPSA) is 114 Å². The van der Waals surface area contributed by atoms with E-state index in [9.17, 15) is 30.8 Å². The molecule has 2 fully saturated rings.